The van der Waals surface area contributed by atoms with E-state index in [1.54, 1.807) is 11.1 Å². The third-order valence-electron chi connectivity index (χ3n) is 13.1. The molecule has 4 saturated carbocycles. The zero-order valence-electron chi connectivity index (χ0n) is 31.7. The summed E-state index contributed by atoms with van der Waals surface area (Å²) in [5.74, 6) is 4.39. The van der Waals surface area contributed by atoms with Crippen LogP contribution in [-0.4, -0.2) is 27.4 Å². The summed E-state index contributed by atoms with van der Waals surface area (Å²) >= 11 is 0. The molecule has 0 aromatic heterocycles. The van der Waals surface area contributed by atoms with E-state index in [1.807, 2.05) is 5.20 Å². The molecule has 0 saturated heterocycles. The smallest absolute Gasteiger partial charge is 0.389 e. The van der Waals surface area contributed by atoms with Crippen molar-refractivity contribution in [3.8, 4) is 0 Å². The van der Waals surface area contributed by atoms with E-state index in [9.17, 15) is 5.11 Å². The second-order valence-electron chi connectivity index (χ2n) is 17.8. The van der Waals surface area contributed by atoms with E-state index in [1.165, 1.54) is 87.4 Å². The number of hydrogen-bond acceptors (Lipinski definition) is 1. The number of hydrogen-bond donors (Lipinski definition) is 1. The molecule has 4 heteroatoms. The monoisotopic (exact) mass is 672 g/mol. The average Bonchev–Trinajstić information content (AvgIpc) is 3.98. The van der Waals surface area contributed by atoms with Crippen molar-refractivity contribution in [3.05, 3.63) is 100 Å². The summed E-state index contributed by atoms with van der Waals surface area (Å²) in [4.78, 5) is 0. The molecule has 2 aromatic carbocycles. The van der Waals surface area contributed by atoms with Crippen LogP contribution in [0.5, 0.6) is 0 Å². The fourth-order valence-corrected chi connectivity index (χ4v) is 18.5. The summed E-state index contributed by atoms with van der Waals surface area (Å²) in [5, 5.41) is 14.2. The first-order chi connectivity index (χ1) is 22.5. The molecule has 0 spiro atoms. The van der Waals surface area contributed by atoms with E-state index in [4.69, 9.17) is 0 Å². The van der Waals surface area contributed by atoms with Crippen LogP contribution in [0.2, 0.25) is 26.2 Å². The molecule has 6 aliphatic carbocycles. The van der Waals surface area contributed by atoms with Gasteiger partial charge in [0.1, 0.15) is 0 Å². The van der Waals surface area contributed by atoms with Gasteiger partial charge in [-0.25, -0.2) is 12.8 Å². The third-order valence-corrected chi connectivity index (χ3v) is 19.9. The van der Waals surface area contributed by atoms with E-state index >= 15 is 0 Å². The van der Waals surface area contributed by atoms with E-state index in [0.717, 1.165) is 36.1 Å². The van der Waals surface area contributed by atoms with Gasteiger partial charge in [-0.3, -0.25) is 0 Å². The van der Waals surface area contributed by atoms with Crippen LogP contribution in [0.1, 0.15) is 102 Å². The molecule has 6 aliphatic rings. The van der Waals surface area contributed by atoms with Crippen molar-refractivity contribution in [1.82, 2.24) is 0 Å². The number of benzene rings is 2. The summed E-state index contributed by atoms with van der Waals surface area (Å²) in [5.41, 5.74) is 5.28. The molecule has 0 bridgehead atoms. The Morgan fingerprint density at radius 2 is 1.33 bits per heavy atom. The molecular weight excluding hydrogens is 608 g/mol. The minimum Gasteiger partial charge on any atom is -0.389 e. The molecule has 8 rings (SSSR count). The van der Waals surface area contributed by atoms with Crippen molar-refractivity contribution in [2.45, 2.75) is 135 Å². The van der Waals surface area contributed by atoms with E-state index < -0.39 is 16.1 Å². The van der Waals surface area contributed by atoms with Crippen molar-refractivity contribution >= 4 is 16.1 Å². The van der Waals surface area contributed by atoms with E-state index in [2.05, 4.69) is 113 Å². The van der Waals surface area contributed by atoms with E-state index in [-0.39, 0.29) is 25.0 Å². The largest absolute Gasteiger partial charge is 1.00 e. The van der Waals surface area contributed by atoms with Crippen molar-refractivity contribution in [2.24, 2.45) is 35.0 Å². The zero-order valence-corrected chi connectivity index (χ0v) is 33.7. The Bertz CT molecular complexity index is 1390. The molecule has 0 unspecified atom stereocenters. The Morgan fingerprint density at radius 3 is 1.90 bits per heavy atom. The topological polar surface area (TPSA) is 20.2 Å². The molecule has 0 aliphatic heterocycles. The molecule has 6 atom stereocenters. The number of aliphatic hydroxyl groups excluding tert-OH is 1. The molecule has 1 nitrogen and oxygen atoms in total. The van der Waals surface area contributed by atoms with Gasteiger partial charge in [-0.2, -0.15) is 0 Å². The minimum absolute atomic E-state index is 0. The minimum atomic E-state index is -1.58. The van der Waals surface area contributed by atoms with Crippen molar-refractivity contribution < 1.29 is 24.0 Å². The molecule has 48 heavy (non-hydrogen) atoms. The number of fused-ring (bicyclic) bond motifs is 2. The predicted molar refractivity (Wildman–Crippen MR) is 207 cm³/mol. The summed E-state index contributed by atoms with van der Waals surface area (Å²) in [6.45, 7) is 15.1. The zero-order chi connectivity index (χ0) is 33.2. The van der Waals surface area contributed by atoms with Gasteiger partial charge in [0.05, 0.1) is 22.3 Å². The van der Waals surface area contributed by atoms with Gasteiger partial charge in [0.2, 0.25) is 0 Å². The van der Waals surface area contributed by atoms with Gasteiger partial charge in [0.15, 0.2) is 0 Å². The third kappa shape index (κ3) is 8.50. The fraction of sp³-hybridized carbons (Fsp3) is 0.614. The van der Waals surface area contributed by atoms with Gasteiger partial charge in [-0.15, -0.1) is 0 Å². The van der Waals surface area contributed by atoms with Crippen molar-refractivity contribution in [2.75, 3.05) is 0 Å². The molecule has 4 fully saturated rings. The molecule has 2 aromatic rings. The van der Waals surface area contributed by atoms with Gasteiger partial charge in [0.25, 0.3) is 0 Å². The van der Waals surface area contributed by atoms with E-state index in [0.29, 0.717) is 11.3 Å². The Morgan fingerprint density at radius 1 is 0.771 bits per heavy atom. The summed E-state index contributed by atoms with van der Waals surface area (Å²) in [7, 11) is -2.97. The van der Waals surface area contributed by atoms with Crippen LogP contribution >= 0.6 is 0 Å². The number of rotatable bonds is 7. The number of allylic oxidation sites excluding steroid dienone is 3. The molecule has 1 N–H and O–H groups in total. The predicted octanol–water partition coefficient (Wildman–Crippen LogP) is 8.68. The van der Waals surface area contributed by atoms with Crippen LogP contribution in [0.15, 0.2) is 82.7 Å². The number of aliphatic hydroxyl groups is 1. The summed E-state index contributed by atoms with van der Waals surface area (Å²) in [6.07, 6.45) is 21.4. The van der Waals surface area contributed by atoms with Crippen LogP contribution in [0, 0.1) is 41.4 Å². The van der Waals surface area contributed by atoms with Crippen LogP contribution in [0.4, 0.5) is 0 Å². The van der Waals surface area contributed by atoms with Crippen molar-refractivity contribution in [3.63, 3.8) is 0 Å². The first kappa shape index (κ1) is 38.1. The van der Waals surface area contributed by atoms with Gasteiger partial charge < -0.3 is 11.5 Å². The normalized spacial score (nSPS) is 30.8. The van der Waals surface area contributed by atoms with Crippen LogP contribution in [0.3, 0.4) is 0 Å². The molecule has 0 heterocycles. The maximum Gasteiger partial charge on any atom is 1.00 e. The maximum absolute atomic E-state index is 10.7. The Labute approximate surface area is 309 Å². The molecule has 256 valence electrons. The standard InChI is InChI=1S/C22H32Si.C19H28OSi.C3H5.Li/c1-17-8-7-15-22(19-11-12-19)20(17)13-14-21(22)23(2,3)16-18-9-5-4-6-10-18;1-14-8-7-11-16-17(14)12-18(20)19(16)21(2,3)13-15-9-5-4-6-10-15;1-2-3-1;/h4-6,9-10,14,17,19-20H,7-8,11-13,15-16H2,1-3H3;4-6,9-10,14,17-18,20H,7-8,11-13H2,1-3H3;1H,2-3H2;/q;;-1;+1/t17-,20+,22-;14-,17+,18+;;/m11../s1. The van der Waals surface area contributed by atoms with Gasteiger partial charge in [-0.05, 0) is 98.5 Å². The van der Waals surface area contributed by atoms with Gasteiger partial charge in [0, 0.05) is 0 Å². The average molecular weight is 673 g/mol. The molecular formula is C44H65LiOSi2. The van der Waals surface area contributed by atoms with Crippen molar-refractivity contribution in [1.29, 1.82) is 0 Å². The second kappa shape index (κ2) is 16.1. The van der Waals surface area contributed by atoms with Crippen LogP contribution in [-0.2, 0) is 12.1 Å². The van der Waals surface area contributed by atoms with Crippen LogP contribution < -0.4 is 18.9 Å². The summed E-state index contributed by atoms with van der Waals surface area (Å²) in [6, 6.07) is 24.6. The maximum atomic E-state index is 10.7. The second-order valence-corrected chi connectivity index (χ2v) is 27.1. The molecule has 0 amide bonds. The fourth-order valence-electron chi connectivity index (χ4n) is 11.0. The Hall–Kier alpha value is -1.09. The van der Waals surface area contributed by atoms with Gasteiger partial charge in [-0.1, -0.05) is 147 Å². The Kier molecular flexibility index (Phi) is 12.8. The first-order valence-corrected chi connectivity index (χ1v) is 26.0. The SMILES string of the molecule is C[C@@H]1CCCC2=C([Si](C)(C)Cc3ccccc3)[C@@H](O)C[C@H]21.C[C@@H]1CCC[C@]2(C3CC3)C([Si](C)(C)Cc3ccccc3)=CC[C@@H]12.[CH-]1CC1.[Li+]. The van der Waals surface area contributed by atoms with Crippen LogP contribution in [0.25, 0.3) is 0 Å². The first-order valence-electron chi connectivity index (χ1n) is 19.5. The molecule has 0 radical (unpaired) electrons. The quantitative estimate of drug-likeness (QED) is 0.231. The van der Waals surface area contributed by atoms with Gasteiger partial charge >= 0.3 is 18.9 Å². The Balaban J connectivity index is 0.000000170. The summed E-state index contributed by atoms with van der Waals surface area (Å²) < 4.78 is 0.